The highest BCUT2D eigenvalue weighted by Gasteiger charge is 2.24. The highest BCUT2D eigenvalue weighted by Crippen LogP contribution is 2.04. The first-order valence-corrected chi connectivity index (χ1v) is 5.98. The van der Waals surface area contributed by atoms with Crippen LogP contribution >= 0.6 is 0 Å². The lowest BCUT2D eigenvalue weighted by atomic mass is 10.1. The molecule has 0 radical (unpaired) electrons. The lowest BCUT2D eigenvalue weighted by Gasteiger charge is -2.31. The summed E-state index contributed by atoms with van der Waals surface area (Å²) in [6.45, 7) is 3.21. The predicted molar refractivity (Wildman–Crippen MR) is 66.0 cm³/mol. The van der Waals surface area contributed by atoms with E-state index in [9.17, 15) is 4.79 Å². The van der Waals surface area contributed by atoms with Gasteiger partial charge in [-0.05, 0) is 12.0 Å². The summed E-state index contributed by atoms with van der Waals surface area (Å²) >= 11 is 0. The Hall–Kier alpha value is -1.39. The van der Waals surface area contributed by atoms with Gasteiger partial charge in [0.2, 0.25) is 0 Å². The lowest BCUT2D eigenvalue weighted by Crippen LogP contribution is -2.54. The largest absolute Gasteiger partial charge is 0.480 e. The maximum atomic E-state index is 10.9. The minimum absolute atomic E-state index is 0.417. The van der Waals surface area contributed by atoms with Gasteiger partial charge in [-0.25, -0.2) is 0 Å². The number of nitrogens with one attached hydrogen (secondary N) is 1. The second-order valence-electron chi connectivity index (χ2n) is 4.38. The molecule has 0 spiro atoms. The fourth-order valence-electron chi connectivity index (χ4n) is 2.11. The van der Waals surface area contributed by atoms with Gasteiger partial charge in [-0.15, -0.1) is 0 Å². The first-order chi connectivity index (χ1) is 8.25. The zero-order chi connectivity index (χ0) is 12.1. The molecule has 1 heterocycles. The Labute approximate surface area is 101 Å². The molecule has 0 amide bonds. The van der Waals surface area contributed by atoms with Crippen LogP contribution in [0.2, 0.25) is 0 Å². The molecule has 2 rings (SSSR count). The van der Waals surface area contributed by atoms with E-state index < -0.39 is 12.0 Å². The zero-order valence-corrected chi connectivity index (χ0v) is 9.80. The van der Waals surface area contributed by atoms with Crippen molar-refractivity contribution in [3.63, 3.8) is 0 Å². The zero-order valence-electron chi connectivity index (χ0n) is 9.80. The predicted octanol–water partition coefficient (Wildman–Crippen LogP) is 0.587. The second kappa shape index (κ2) is 5.80. The molecule has 2 N–H and O–H groups in total. The number of carbonyl (C=O) groups is 1. The smallest absolute Gasteiger partial charge is 0.322 e. The van der Waals surface area contributed by atoms with Crippen LogP contribution in [0.15, 0.2) is 30.3 Å². The van der Waals surface area contributed by atoms with Gasteiger partial charge in [0.1, 0.15) is 6.04 Å². The molecule has 1 unspecified atom stereocenters. The van der Waals surface area contributed by atoms with Gasteiger partial charge in [-0.3, -0.25) is 9.69 Å². The van der Waals surface area contributed by atoms with E-state index in [0.717, 1.165) is 26.1 Å². The summed E-state index contributed by atoms with van der Waals surface area (Å²) < 4.78 is 0. The number of hydrogen-bond donors (Lipinski definition) is 2. The van der Waals surface area contributed by atoms with Gasteiger partial charge in [0.25, 0.3) is 0 Å². The number of carboxylic acids is 1. The summed E-state index contributed by atoms with van der Waals surface area (Å²) in [7, 11) is 0. The van der Waals surface area contributed by atoms with Crippen molar-refractivity contribution in [1.29, 1.82) is 0 Å². The summed E-state index contributed by atoms with van der Waals surface area (Å²) in [5.74, 6) is -0.755. The van der Waals surface area contributed by atoms with E-state index in [1.165, 1.54) is 5.56 Å². The van der Waals surface area contributed by atoms with Crippen molar-refractivity contribution in [3.05, 3.63) is 35.9 Å². The third kappa shape index (κ3) is 3.54. The van der Waals surface area contributed by atoms with Crippen LogP contribution < -0.4 is 5.32 Å². The first-order valence-electron chi connectivity index (χ1n) is 5.98. The Balaban J connectivity index is 1.81. The molecule has 0 bridgehead atoms. The Morgan fingerprint density at radius 3 is 2.88 bits per heavy atom. The van der Waals surface area contributed by atoms with Crippen LogP contribution in [0.4, 0.5) is 0 Å². The summed E-state index contributed by atoms with van der Waals surface area (Å²) in [6.07, 6.45) is 0.979. The van der Waals surface area contributed by atoms with Crippen molar-refractivity contribution in [2.75, 3.05) is 26.2 Å². The van der Waals surface area contributed by atoms with Crippen molar-refractivity contribution in [2.45, 2.75) is 12.5 Å². The molecule has 0 aliphatic carbocycles. The topological polar surface area (TPSA) is 52.6 Å². The number of benzene rings is 1. The molecule has 0 saturated carbocycles. The van der Waals surface area contributed by atoms with Crippen LogP contribution in [-0.2, 0) is 11.2 Å². The van der Waals surface area contributed by atoms with E-state index in [0.29, 0.717) is 6.54 Å². The lowest BCUT2D eigenvalue weighted by molar-refractivity contribution is -0.140. The number of piperazine rings is 1. The number of carboxylic acid groups (broad SMARTS) is 1. The average Bonchev–Trinajstić information content (AvgIpc) is 2.38. The molecular weight excluding hydrogens is 216 g/mol. The average molecular weight is 234 g/mol. The third-order valence-corrected chi connectivity index (χ3v) is 3.12. The van der Waals surface area contributed by atoms with E-state index in [4.69, 9.17) is 5.11 Å². The fourth-order valence-corrected chi connectivity index (χ4v) is 2.11. The highest BCUT2D eigenvalue weighted by molar-refractivity contribution is 5.73. The molecule has 17 heavy (non-hydrogen) atoms. The van der Waals surface area contributed by atoms with Gasteiger partial charge < -0.3 is 10.4 Å². The molecule has 4 nitrogen and oxygen atoms in total. The van der Waals surface area contributed by atoms with Crippen LogP contribution in [0.3, 0.4) is 0 Å². The molecule has 1 fully saturated rings. The Morgan fingerprint density at radius 1 is 1.41 bits per heavy atom. The highest BCUT2D eigenvalue weighted by atomic mass is 16.4. The maximum Gasteiger partial charge on any atom is 0.322 e. The molecule has 1 aliphatic rings. The molecule has 1 aliphatic heterocycles. The summed E-state index contributed by atoms with van der Waals surface area (Å²) in [5.41, 5.74) is 1.30. The van der Waals surface area contributed by atoms with Crippen LogP contribution in [0.5, 0.6) is 0 Å². The Bertz CT molecular complexity index is 367. The molecule has 1 saturated heterocycles. The fraction of sp³-hybridized carbons (Fsp3) is 0.462. The molecule has 1 aromatic rings. The van der Waals surface area contributed by atoms with E-state index in [1.807, 2.05) is 18.2 Å². The van der Waals surface area contributed by atoms with E-state index >= 15 is 0 Å². The normalized spacial score (nSPS) is 21.3. The van der Waals surface area contributed by atoms with Crippen LogP contribution in [0, 0.1) is 0 Å². The van der Waals surface area contributed by atoms with Gasteiger partial charge in [0.15, 0.2) is 0 Å². The Kier molecular flexibility index (Phi) is 4.12. The number of hydrogen-bond acceptors (Lipinski definition) is 3. The van der Waals surface area contributed by atoms with Crippen LogP contribution in [0.1, 0.15) is 5.56 Å². The van der Waals surface area contributed by atoms with Crippen molar-refractivity contribution >= 4 is 5.97 Å². The van der Waals surface area contributed by atoms with Crippen LogP contribution in [0.25, 0.3) is 0 Å². The van der Waals surface area contributed by atoms with Crippen molar-refractivity contribution in [1.82, 2.24) is 10.2 Å². The van der Waals surface area contributed by atoms with Crippen molar-refractivity contribution in [2.24, 2.45) is 0 Å². The summed E-state index contributed by atoms with van der Waals surface area (Å²) in [4.78, 5) is 13.1. The van der Waals surface area contributed by atoms with Gasteiger partial charge in [-0.2, -0.15) is 0 Å². The number of aliphatic carboxylic acids is 1. The maximum absolute atomic E-state index is 10.9. The molecule has 0 aromatic heterocycles. The van der Waals surface area contributed by atoms with Crippen molar-refractivity contribution in [3.8, 4) is 0 Å². The van der Waals surface area contributed by atoms with Crippen molar-refractivity contribution < 1.29 is 9.90 Å². The minimum atomic E-state index is -0.755. The third-order valence-electron chi connectivity index (χ3n) is 3.12. The monoisotopic (exact) mass is 234 g/mol. The van der Waals surface area contributed by atoms with E-state index in [-0.39, 0.29) is 0 Å². The molecule has 1 aromatic carbocycles. The summed E-state index contributed by atoms with van der Waals surface area (Å²) in [6, 6.07) is 9.88. The molecule has 4 heteroatoms. The molecule has 1 atom stereocenters. The Morgan fingerprint density at radius 2 is 2.18 bits per heavy atom. The van der Waals surface area contributed by atoms with E-state index in [1.54, 1.807) is 0 Å². The van der Waals surface area contributed by atoms with Crippen LogP contribution in [-0.4, -0.2) is 48.2 Å². The van der Waals surface area contributed by atoms with Gasteiger partial charge in [0, 0.05) is 26.2 Å². The standard InChI is InChI=1S/C13H18N2O2/c16-13(17)12-10-15(9-7-14-12)8-6-11-4-2-1-3-5-11/h1-5,12,14H,6-10H2,(H,16,17). The van der Waals surface area contributed by atoms with Gasteiger partial charge in [0.05, 0.1) is 0 Å². The number of nitrogens with zero attached hydrogens (tertiary/aromatic N) is 1. The molecule has 92 valence electrons. The second-order valence-corrected chi connectivity index (χ2v) is 4.38. The van der Waals surface area contributed by atoms with E-state index in [2.05, 4.69) is 22.3 Å². The SMILES string of the molecule is O=C(O)C1CN(CCc2ccccc2)CCN1. The quantitative estimate of drug-likeness (QED) is 0.800. The van der Waals surface area contributed by atoms with Gasteiger partial charge in [-0.1, -0.05) is 30.3 Å². The summed E-state index contributed by atoms with van der Waals surface area (Å²) in [5, 5.41) is 12.0. The first kappa shape index (κ1) is 12.1. The number of rotatable bonds is 4. The van der Waals surface area contributed by atoms with Gasteiger partial charge >= 0.3 is 5.97 Å². The molecular formula is C13H18N2O2. The minimum Gasteiger partial charge on any atom is -0.480 e.